The molecule has 0 aliphatic carbocycles. The highest BCUT2D eigenvalue weighted by Gasteiger charge is 2.30. The van der Waals surface area contributed by atoms with Crippen LogP contribution in [0.1, 0.15) is 11.1 Å². The number of carboxylic acids is 1. The molecule has 27 heavy (non-hydrogen) atoms. The summed E-state index contributed by atoms with van der Waals surface area (Å²) in [6.07, 6.45) is -1.43. The molecular weight excluding hydrogens is 403 g/mol. The van der Waals surface area contributed by atoms with Crippen molar-refractivity contribution in [1.82, 2.24) is 4.98 Å². The molecule has 3 N–H and O–H groups in total. The van der Waals surface area contributed by atoms with Crippen LogP contribution in [0, 0.1) is 0 Å². The number of carboxylic acid groups (broad SMARTS) is 1. The Bertz CT molecular complexity index is 884. The van der Waals surface area contributed by atoms with E-state index in [1.54, 1.807) is 18.2 Å². The number of nitrogens with two attached hydrogens (primary N) is 1. The first-order valence-electron chi connectivity index (χ1n) is 7.34. The fourth-order valence-electron chi connectivity index (χ4n) is 1.91. The van der Waals surface area contributed by atoms with E-state index >= 15 is 0 Å². The van der Waals surface area contributed by atoms with Crippen molar-refractivity contribution in [1.29, 1.82) is 0 Å². The van der Waals surface area contributed by atoms with Gasteiger partial charge in [-0.25, -0.2) is 14.8 Å². The molecular formula is C17H13ClF3N3O2S. The van der Waals surface area contributed by atoms with Crippen LogP contribution in [0.15, 0.2) is 57.5 Å². The van der Waals surface area contributed by atoms with Crippen molar-refractivity contribution in [2.75, 3.05) is 5.88 Å². The lowest BCUT2D eigenvalue weighted by atomic mass is 10.2. The molecule has 0 amide bonds. The molecule has 0 atom stereocenters. The minimum atomic E-state index is -4.46. The average Bonchev–Trinajstić information content (AvgIpc) is 2.61. The Balaban J connectivity index is 2.35. The number of nitrogens with zero attached hydrogens (tertiary/aromatic N) is 2. The van der Waals surface area contributed by atoms with E-state index < -0.39 is 17.7 Å². The van der Waals surface area contributed by atoms with E-state index in [9.17, 15) is 18.0 Å². The Kier molecular flexibility index (Phi) is 6.86. The predicted octanol–water partition coefficient (Wildman–Crippen LogP) is 4.58. The number of halogens is 4. The fraction of sp³-hybridized carbons (Fsp3) is 0.118. The number of rotatable bonds is 6. The molecule has 1 aromatic heterocycles. The van der Waals surface area contributed by atoms with Gasteiger partial charge in [0.1, 0.15) is 10.9 Å². The lowest BCUT2D eigenvalue weighted by molar-refractivity contribution is -0.138. The van der Waals surface area contributed by atoms with Gasteiger partial charge in [0.2, 0.25) is 0 Å². The average molecular weight is 416 g/mol. The quantitative estimate of drug-likeness (QED) is 0.312. The molecule has 0 saturated heterocycles. The molecule has 10 heteroatoms. The molecule has 1 heterocycles. The summed E-state index contributed by atoms with van der Waals surface area (Å²) in [6, 6.07) is 7.04. The molecule has 0 saturated carbocycles. The SMILES string of the molecule is NC(CCl)=Nc1ccc(Sc2ccc(C(F)(F)F)cn2)c(C=CC(=O)O)c1. The van der Waals surface area contributed by atoms with Gasteiger partial charge < -0.3 is 10.8 Å². The zero-order valence-electron chi connectivity index (χ0n) is 13.6. The Morgan fingerprint density at radius 2 is 2.07 bits per heavy atom. The summed E-state index contributed by atoms with van der Waals surface area (Å²) in [5.41, 5.74) is 5.69. The van der Waals surface area contributed by atoms with Crippen molar-refractivity contribution < 1.29 is 23.1 Å². The molecule has 2 aromatic rings. The van der Waals surface area contributed by atoms with E-state index in [-0.39, 0.29) is 11.7 Å². The van der Waals surface area contributed by atoms with Crippen LogP contribution in [0.5, 0.6) is 0 Å². The van der Waals surface area contributed by atoms with E-state index in [4.69, 9.17) is 22.4 Å². The van der Waals surface area contributed by atoms with E-state index in [0.717, 1.165) is 30.1 Å². The number of aromatic nitrogens is 1. The molecule has 0 aliphatic rings. The third-order valence-electron chi connectivity index (χ3n) is 3.09. The summed E-state index contributed by atoms with van der Waals surface area (Å²) < 4.78 is 37.9. The summed E-state index contributed by atoms with van der Waals surface area (Å²) in [7, 11) is 0. The maximum absolute atomic E-state index is 12.6. The second-order valence-corrected chi connectivity index (χ2v) is 6.44. The molecule has 0 fully saturated rings. The molecule has 1 aromatic carbocycles. The topological polar surface area (TPSA) is 88.6 Å². The van der Waals surface area contributed by atoms with E-state index in [1.807, 2.05) is 0 Å². The van der Waals surface area contributed by atoms with E-state index in [1.165, 1.54) is 12.1 Å². The summed E-state index contributed by atoms with van der Waals surface area (Å²) in [5, 5.41) is 9.16. The minimum absolute atomic E-state index is 0.0340. The first-order valence-corrected chi connectivity index (χ1v) is 8.69. The zero-order chi connectivity index (χ0) is 20.0. The highest BCUT2D eigenvalue weighted by atomic mass is 35.5. The van der Waals surface area contributed by atoms with Gasteiger partial charge in [-0.15, -0.1) is 11.6 Å². The molecule has 0 bridgehead atoms. The van der Waals surface area contributed by atoms with Crippen molar-refractivity contribution in [3.05, 3.63) is 53.7 Å². The van der Waals surface area contributed by atoms with Gasteiger partial charge >= 0.3 is 12.1 Å². The first-order chi connectivity index (χ1) is 12.7. The summed E-state index contributed by atoms with van der Waals surface area (Å²) in [4.78, 5) is 19.3. The summed E-state index contributed by atoms with van der Waals surface area (Å²) in [5.74, 6) is -0.922. The smallest absolute Gasteiger partial charge is 0.417 e. The van der Waals surface area contributed by atoms with Crippen molar-refractivity contribution in [3.8, 4) is 0 Å². The number of benzene rings is 1. The lowest BCUT2D eigenvalue weighted by Crippen LogP contribution is -2.12. The second kappa shape index (κ2) is 8.92. The van der Waals surface area contributed by atoms with Crippen LogP contribution >= 0.6 is 23.4 Å². The van der Waals surface area contributed by atoms with Crippen LogP contribution in [-0.2, 0) is 11.0 Å². The number of amidine groups is 1. The number of alkyl halides is 4. The van der Waals surface area contributed by atoms with E-state index in [2.05, 4.69) is 9.98 Å². The van der Waals surface area contributed by atoms with Crippen LogP contribution < -0.4 is 5.73 Å². The maximum atomic E-state index is 12.6. The third kappa shape index (κ3) is 6.30. The minimum Gasteiger partial charge on any atom is -0.478 e. The molecule has 5 nitrogen and oxygen atoms in total. The molecule has 0 spiro atoms. The van der Waals surface area contributed by atoms with Gasteiger partial charge in [0.15, 0.2) is 0 Å². The van der Waals surface area contributed by atoms with Crippen LogP contribution in [0.4, 0.5) is 18.9 Å². The van der Waals surface area contributed by atoms with Crippen molar-refractivity contribution in [2.45, 2.75) is 16.1 Å². The Morgan fingerprint density at radius 1 is 1.33 bits per heavy atom. The largest absolute Gasteiger partial charge is 0.478 e. The van der Waals surface area contributed by atoms with Crippen LogP contribution in [-0.4, -0.2) is 27.8 Å². The third-order valence-corrected chi connectivity index (χ3v) is 4.40. The number of hydrogen-bond donors (Lipinski definition) is 2. The lowest BCUT2D eigenvalue weighted by Gasteiger charge is -2.09. The second-order valence-electron chi connectivity index (χ2n) is 5.12. The van der Waals surface area contributed by atoms with Gasteiger partial charge in [0.05, 0.1) is 17.1 Å². The van der Waals surface area contributed by atoms with Crippen LogP contribution in [0.2, 0.25) is 0 Å². The molecule has 142 valence electrons. The van der Waals surface area contributed by atoms with Gasteiger partial charge in [-0.2, -0.15) is 13.2 Å². The zero-order valence-corrected chi connectivity index (χ0v) is 15.1. The maximum Gasteiger partial charge on any atom is 0.417 e. The standard InChI is InChI=1S/C17H13ClF3N3O2S/c18-8-14(22)24-12-3-4-13(10(7-12)1-6-16(25)26)27-15-5-2-11(9-23-15)17(19,20)21/h1-7,9H,8H2,(H2,22,24)(H,25,26). The Hall–Kier alpha value is -2.52. The molecule has 2 rings (SSSR count). The number of aliphatic carboxylic acids is 1. The van der Waals surface area contributed by atoms with Crippen molar-refractivity contribution in [2.24, 2.45) is 10.7 Å². The Labute approximate surface area is 161 Å². The van der Waals surface area contributed by atoms with Crippen molar-refractivity contribution >= 4 is 46.9 Å². The predicted molar refractivity (Wildman–Crippen MR) is 98.5 cm³/mol. The molecule has 0 aliphatic heterocycles. The van der Waals surface area contributed by atoms with Gasteiger partial charge in [-0.3, -0.25) is 0 Å². The normalized spacial score (nSPS) is 12.5. The van der Waals surface area contributed by atoms with E-state index in [0.29, 0.717) is 21.2 Å². The number of hydrogen-bond acceptors (Lipinski definition) is 4. The summed E-state index contributed by atoms with van der Waals surface area (Å²) >= 11 is 6.68. The van der Waals surface area contributed by atoms with Gasteiger partial charge in [-0.1, -0.05) is 11.8 Å². The highest BCUT2D eigenvalue weighted by molar-refractivity contribution is 7.99. The first kappa shape index (κ1) is 20.8. The molecule has 0 unspecified atom stereocenters. The molecule has 0 radical (unpaired) electrons. The Morgan fingerprint density at radius 3 is 2.63 bits per heavy atom. The number of pyridine rings is 1. The van der Waals surface area contributed by atoms with Gasteiger partial charge in [0, 0.05) is 17.2 Å². The fourth-order valence-corrected chi connectivity index (χ4v) is 2.81. The highest BCUT2D eigenvalue weighted by Crippen LogP contribution is 2.34. The number of carbonyl (C=O) groups is 1. The monoisotopic (exact) mass is 415 g/mol. The number of aliphatic imine (C=N–C) groups is 1. The van der Waals surface area contributed by atoms with Crippen molar-refractivity contribution in [3.63, 3.8) is 0 Å². The van der Waals surface area contributed by atoms with Gasteiger partial charge in [0.25, 0.3) is 0 Å². The summed E-state index contributed by atoms with van der Waals surface area (Å²) in [6.45, 7) is 0. The van der Waals surface area contributed by atoms with Crippen LogP contribution in [0.25, 0.3) is 6.08 Å². The van der Waals surface area contributed by atoms with Gasteiger partial charge in [-0.05, 0) is 42.0 Å². The van der Waals surface area contributed by atoms with Crippen LogP contribution in [0.3, 0.4) is 0 Å².